The number of anilines is 2. The van der Waals surface area contributed by atoms with Crippen molar-refractivity contribution < 1.29 is 29.2 Å². The summed E-state index contributed by atoms with van der Waals surface area (Å²) in [5, 5.41) is 28.7. The van der Waals surface area contributed by atoms with Crippen LogP contribution in [0.2, 0.25) is 0 Å². The number of aryl methyl sites for hydroxylation is 1. The first-order chi connectivity index (χ1) is 20.0. The number of urea groups is 1. The molecule has 0 spiro atoms. The Morgan fingerprint density at radius 1 is 0.976 bits per heavy atom. The number of imide groups is 1. The number of aromatic carboxylic acids is 1. The van der Waals surface area contributed by atoms with Crippen LogP contribution in [-0.4, -0.2) is 58.4 Å². The molecular formula is C30H33N5O7. The molecule has 0 aliphatic rings. The van der Waals surface area contributed by atoms with Crippen LogP contribution in [0.15, 0.2) is 66.7 Å². The van der Waals surface area contributed by atoms with Gasteiger partial charge in [-0.2, -0.15) is 0 Å². The number of benzene rings is 3. The molecule has 1 atom stereocenters. The van der Waals surface area contributed by atoms with E-state index < -0.39 is 34.8 Å². The normalized spacial score (nSPS) is 11.2. The van der Waals surface area contributed by atoms with Crippen molar-refractivity contribution in [3.8, 4) is 0 Å². The molecule has 3 aromatic carbocycles. The van der Waals surface area contributed by atoms with Crippen LogP contribution in [0.4, 0.5) is 21.9 Å². The molecule has 0 bridgehead atoms. The number of rotatable bonds is 12. The van der Waals surface area contributed by atoms with E-state index in [0.717, 1.165) is 16.0 Å². The van der Waals surface area contributed by atoms with E-state index in [1.165, 1.54) is 32.2 Å². The van der Waals surface area contributed by atoms with Gasteiger partial charge in [-0.25, -0.2) is 9.59 Å². The Bertz CT molecular complexity index is 1470. The van der Waals surface area contributed by atoms with E-state index in [4.69, 9.17) is 0 Å². The molecule has 4 N–H and O–H groups in total. The number of carbonyl (C=O) groups excluding carboxylic acids is 3. The fraction of sp³-hybridized carbons (Fsp3) is 0.267. The zero-order valence-corrected chi connectivity index (χ0v) is 23.5. The second-order valence-corrected chi connectivity index (χ2v) is 9.50. The fourth-order valence-electron chi connectivity index (χ4n) is 4.45. The third-order valence-electron chi connectivity index (χ3n) is 6.59. The van der Waals surface area contributed by atoms with Crippen molar-refractivity contribution in [2.45, 2.75) is 39.2 Å². The minimum atomic E-state index is -1.06. The van der Waals surface area contributed by atoms with Gasteiger partial charge in [-0.15, -0.1) is 0 Å². The van der Waals surface area contributed by atoms with Gasteiger partial charge in [-0.3, -0.25) is 24.6 Å². The van der Waals surface area contributed by atoms with Crippen LogP contribution < -0.4 is 16.0 Å². The number of carboxylic acids is 1. The quantitative estimate of drug-likeness (QED) is 0.185. The summed E-state index contributed by atoms with van der Waals surface area (Å²) in [4.78, 5) is 61.4. The summed E-state index contributed by atoms with van der Waals surface area (Å²) in [6.45, 7) is 3.21. The maximum absolute atomic E-state index is 13.6. The van der Waals surface area contributed by atoms with E-state index in [9.17, 15) is 34.4 Å². The van der Waals surface area contributed by atoms with Crippen molar-refractivity contribution in [3.63, 3.8) is 0 Å². The third kappa shape index (κ3) is 8.13. The second-order valence-electron chi connectivity index (χ2n) is 9.50. The molecule has 0 unspecified atom stereocenters. The van der Waals surface area contributed by atoms with Gasteiger partial charge in [-0.05, 0) is 47.7 Å². The van der Waals surface area contributed by atoms with Crippen LogP contribution in [0.25, 0.3) is 0 Å². The lowest BCUT2D eigenvalue weighted by atomic mass is 9.99. The molecule has 12 nitrogen and oxygen atoms in total. The van der Waals surface area contributed by atoms with E-state index in [0.29, 0.717) is 23.4 Å². The van der Waals surface area contributed by atoms with Crippen molar-refractivity contribution in [1.29, 1.82) is 0 Å². The summed E-state index contributed by atoms with van der Waals surface area (Å²) in [6, 6.07) is 16.1. The van der Waals surface area contributed by atoms with Gasteiger partial charge in [0.2, 0.25) is 5.91 Å². The summed E-state index contributed by atoms with van der Waals surface area (Å²) >= 11 is 0. The van der Waals surface area contributed by atoms with Gasteiger partial charge in [0, 0.05) is 44.8 Å². The van der Waals surface area contributed by atoms with Crippen LogP contribution in [0.1, 0.15) is 40.9 Å². The molecule has 12 heteroatoms. The predicted molar refractivity (Wildman–Crippen MR) is 157 cm³/mol. The number of non-ortho nitro benzene ring substituents is 1. The number of nitrogens with one attached hydrogen (secondary N) is 3. The largest absolute Gasteiger partial charge is 0.478 e. The van der Waals surface area contributed by atoms with Crippen LogP contribution in [0, 0.1) is 10.1 Å². The van der Waals surface area contributed by atoms with Crippen molar-refractivity contribution in [2.24, 2.45) is 0 Å². The third-order valence-corrected chi connectivity index (χ3v) is 6.59. The fourth-order valence-corrected chi connectivity index (χ4v) is 4.45. The molecular weight excluding hydrogens is 542 g/mol. The monoisotopic (exact) mass is 575 g/mol. The molecule has 0 radical (unpaired) electrons. The molecule has 42 heavy (non-hydrogen) atoms. The molecule has 3 rings (SSSR count). The number of nitro groups is 1. The van der Waals surface area contributed by atoms with Gasteiger partial charge >= 0.3 is 12.0 Å². The van der Waals surface area contributed by atoms with Crippen LogP contribution in [0.5, 0.6) is 0 Å². The Kier molecular flexibility index (Phi) is 10.7. The number of carboxylic acid groups (broad SMARTS) is 1. The molecule has 4 amide bonds. The first kappa shape index (κ1) is 31.3. The zero-order chi connectivity index (χ0) is 30.8. The van der Waals surface area contributed by atoms with Gasteiger partial charge < -0.3 is 21.1 Å². The standard InChI is InChI=1S/C30H33N5O7/c1-4-22-17-21(11-14-25(22)33-26-8-6-5-7-24(26)29(38)39)18-27(32-19(2)36)28(37)34(30(40)31-3)16-15-20-9-12-23(13-10-20)35(41)42/h5-14,17,27,33H,4,15-16,18H2,1-3H3,(H,31,40)(H,32,36)(H,38,39)/t27-/m1/s1. The molecule has 0 saturated carbocycles. The molecule has 220 valence electrons. The van der Waals surface area contributed by atoms with Crippen LogP contribution in [-0.2, 0) is 28.9 Å². The average Bonchev–Trinajstić information content (AvgIpc) is 2.97. The Hall–Kier alpha value is -5.26. The number of nitro benzene ring substituents is 1. The maximum atomic E-state index is 13.6. The number of para-hydroxylation sites is 1. The lowest BCUT2D eigenvalue weighted by molar-refractivity contribution is -0.384. The Balaban J connectivity index is 1.83. The van der Waals surface area contributed by atoms with Gasteiger partial charge in [0.25, 0.3) is 11.6 Å². The minimum Gasteiger partial charge on any atom is -0.478 e. The maximum Gasteiger partial charge on any atom is 0.337 e. The van der Waals surface area contributed by atoms with Gasteiger partial charge in [0.1, 0.15) is 6.04 Å². The highest BCUT2D eigenvalue weighted by atomic mass is 16.6. The van der Waals surface area contributed by atoms with E-state index >= 15 is 0 Å². The molecule has 0 heterocycles. The molecule has 0 saturated heterocycles. The van der Waals surface area contributed by atoms with Gasteiger partial charge in [0.05, 0.1) is 16.2 Å². The van der Waals surface area contributed by atoms with E-state index in [2.05, 4.69) is 16.0 Å². The highest BCUT2D eigenvalue weighted by Gasteiger charge is 2.29. The SMILES string of the molecule is CCc1cc(C[C@@H](NC(C)=O)C(=O)N(CCc2ccc([N+](=O)[O-])cc2)C(=O)NC)ccc1Nc1ccccc1C(=O)O. The number of nitrogens with zero attached hydrogens (tertiary/aromatic N) is 2. The first-order valence-electron chi connectivity index (χ1n) is 13.3. The highest BCUT2D eigenvalue weighted by molar-refractivity contribution is 5.98. The van der Waals surface area contributed by atoms with Crippen LogP contribution >= 0.6 is 0 Å². The zero-order valence-electron chi connectivity index (χ0n) is 23.5. The molecule has 0 aliphatic carbocycles. The average molecular weight is 576 g/mol. The lowest BCUT2D eigenvalue weighted by Crippen LogP contribution is -2.53. The number of carbonyl (C=O) groups is 4. The molecule has 0 aliphatic heterocycles. The van der Waals surface area contributed by atoms with Gasteiger partial charge in [0.15, 0.2) is 0 Å². The number of amides is 4. The topological polar surface area (TPSA) is 171 Å². The predicted octanol–water partition coefficient (Wildman–Crippen LogP) is 4.06. The van der Waals surface area contributed by atoms with E-state index in [1.807, 2.05) is 13.0 Å². The summed E-state index contributed by atoms with van der Waals surface area (Å²) in [7, 11) is 1.39. The Morgan fingerprint density at radius 3 is 2.24 bits per heavy atom. The lowest BCUT2D eigenvalue weighted by Gasteiger charge is -2.26. The Labute approximate surface area is 242 Å². The van der Waals surface area contributed by atoms with E-state index in [1.54, 1.807) is 42.5 Å². The Morgan fingerprint density at radius 2 is 1.64 bits per heavy atom. The van der Waals surface area contributed by atoms with Crippen molar-refractivity contribution in [3.05, 3.63) is 99.1 Å². The summed E-state index contributed by atoms with van der Waals surface area (Å²) in [5.74, 6) is -2.11. The van der Waals surface area contributed by atoms with Crippen LogP contribution in [0.3, 0.4) is 0 Å². The second kappa shape index (κ2) is 14.4. The smallest absolute Gasteiger partial charge is 0.337 e. The van der Waals surface area contributed by atoms with Crippen molar-refractivity contribution in [1.82, 2.24) is 15.5 Å². The summed E-state index contributed by atoms with van der Waals surface area (Å²) in [5.41, 5.74) is 3.48. The van der Waals surface area contributed by atoms with E-state index in [-0.39, 0.29) is 30.6 Å². The minimum absolute atomic E-state index is 0.0154. The summed E-state index contributed by atoms with van der Waals surface area (Å²) < 4.78 is 0. The van der Waals surface area contributed by atoms with Gasteiger partial charge in [-0.1, -0.05) is 43.3 Å². The summed E-state index contributed by atoms with van der Waals surface area (Å²) in [6.07, 6.45) is 0.953. The molecule has 3 aromatic rings. The number of hydrogen-bond acceptors (Lipinski definition) is 7. The highest BCUT2D eigenvalue weighted by Crippen LogP contribution is 2.26. The number of hydrogen-bond donors (Lipinski definition) is 4. The first-order valence-corrected chi connectivity index (χ1v) is 13.3. The van der Waals surface area contributed by atoms with Crippen molar-refractivity contribution in [2.75, 3.05) is 18.9 Å². The van der Waals surface area contributed by atoms with Crippen molar-refractivity contribution >= 4 is 40.9 Å². The molecule has 0 aromatic heterocycles. The molecule has 0 fully saturated rings.